The minimum absolute atomic E-state index is 0.0612. The van der Waals surface area contributed by atoms with Crippen molar-refractivity contribution in [1.29, 1.82) is 0 Å². The van der Waals surface area contributed by atoms with E-state index in [0.717, 1.165) is 0 Å². The van der Waals surface area contributed by atoms with Crippen molar-refractivity contribution in [1.82, 2.24) is 0 Å². The van der Waals surface area contributed by atoms with E-state index in [2.05, 4.69) is 4.74 Å². The van der Waals surface area contributed by atoms with Crippen LogP contribution in [-0.4, -0.2) is 52.1 Å². The van der Waals surface area contributed by atoms with Crippen LogP contribution in [0.4, 0.5) is 0 Å². The van der Waals surface area contributed by atoms with Gasteiger partial charge in [-0.25, -0.2) is 4.79 Å². The van der Waals surface area contributed by atoms with Crippen molar-refractivity contribution in [3.05, 3.63) is 70.1 Å². The van der Waals surface area contributed by atoms with E-state index in [1.807, 2.05) is 0 Å². The summed E-state index contributed by atoms with van der Waals surface area (Å²) in [7, 11) is 5.68. The van der Waals surface area contributed by atoms with Crippen molar-refractivity contribution < 1.29 is 47.5 Å². The Balaban J connectivity index is 1.66. The maximum atomic E-state index is 13.7. The van der Waals surface area contributed by atoms with Gasteiger partial charge in [0.1, 0.15) is 28.7 Å². The molecule has 4 aromatic rings. The predicted molar refractivity (Wildman–Crippen MR) is 145 cm³/mol. The van der Waals surface area contributed by atoms with Crippen LogP contribution in [-0.2, 0) is 14.3 Å². The van der Waals surface area contributed by atoms with Crippen LogP contribution in [0.2, 0.25) is 0 Å². The highest BCUT2D eigenvalue weighted by Gasteiger charge is 2.34. The molecule has 0 aliphatic carbocycles. The molecule has 0 radical (unpaired) electrons. The molecule has 1 aromatic heterocycles. The highest BCUT2D eigenvalue weighted by Crippen LogP contribution is 2.47. The number of rotatable bonds is 8. The first-order valence-corrected chi connectivity index (χ1v) is 12.4. The van der Waals surface area contributed by atoms with Gasteiger partial charge in [0.25, 0.3) is 0 Å². The van der Waals surface area contributed by atoms with Gasteiger partial charge in [0.15, 0.2) is 29.6 Å². The molecule has 1 N–H and O–H groups in total. The Labute approximate surface area is 233 Å². The number of ether oxygens (including phenoxy) is 6. The molecule has 0 bridgehead atoms. The van der Waals surface area contributed by atoms with Gasteiger partial charge < -0.3 is 37.9 Å². The summed E-state index contributed by atoms with van der Waals surface area (Å²) in [6.45, 7) is -0.357. The lowest BCUT2D eigenvalue weighted by Gasteiger charge is -2.26. The van der Waals surface area contributed by atoms with Crippen molar-refractivity contribution in [2.75, 3.05) is 35.0 Å². The molecule has 11 heteroatoms. The largest absolute Gasteiger partial charge is 0.507 e. The van der Waals surface area contributed by atoms with Gasteiger partial charge in [0.05, 0.1) is 40.4 Å². The van der Waals surface area contributed by atoms with Gasteiger partial charge in [-0.1, -0.05) is 12.1 Å². The number of carbonyl (C=O) groups is 2. The number of phenolic OH excluding ortho intramolecular Hbond substituents is 1. The molecule has 5 rings (SSSR count). The van der Waals surface area contributed by atoms with E-state index in [4.69, 9.17) is 28.1 Å². The standard InChI is InChI=1S/C30H26O11/c1-35-20-7-6-16(9-22(20)37-3)18-13-40-30-27-17(11-25(32)41-24(27)12-19(31)28(30)29(18)34)15-5-8-21(36-2)23(10-15)39-14-26(33)38-4/h5-10,12-13,17,31H,11,14H2,1-4H3/t17-/m0/s1. The quantitative estimate of drug-likeness (QED) is 0.244. The average Bonchev–Trinajstić information content (AvgIpc) is 2.98. The predicted octanol–water partition coefficient (Wildman–Crippen LogP) is 4.18. The van der Waals surface area contributed by atoms with Crippen LogP contribution in [0, 0.1) is 0 Å². The Kier molecular flexibility index (Phi) is 7.43. The number of hydrogen-bond donors (Lipinski definition) is 1. The van der Waals surface area contributed by atoms with Gasteiger partial charge in [0, 0.05) is 17.5 Å². The summed E-state index contributed by atoms with van der Waals surface area (Å²) in [6, 6.07) is 11.2. The summed E-state index contributed by atoms with van der Waals surface area (Å²) >= 11 is 0. The zero-order valence-corrected chi connectivity index (χ0v) is 22.6. The third-order valence-corrected chi connectivity index (χ3v) is 6.83. The van der Waals surface area contributed by atoms with Gasteiger partial charge in [-0.2, -0.15) is 0 Å². The van der Waals surface area contributed by atoms with Crippen LogP contribution in [0.3, 0.4) is 0 Å². The fourth-order valence-electron chi connectivity index (χ4n) is 4.84. The number of aromatic hydroxyl groups is 1. The normalized spacial score (nSPS) is 14.1. The molecule has 0 saturated carbocycles. The second-order valence-electron chi connectivity index (χ2n) is 9.07. The second-order valence-corrected chi connectivity index (χ2v) is 9.07. The van der Waals surface area contributed by atoms with Crippen LogP contribution in [0.25, 0.3) is 22.1 Å². The molecule has 0 amide bonds. The van der Waals surface area contributed by atoms with Gasteiger partial charge in [-0.15, -0.1) is 0 Å². The first-order valence-electron chi connectivity index (χ1n) is 12.4. The minimum atomic E-state index is -0.643. The Morgan fingerprint density at radius 3 is 2.34 bits per heavy atom. The topological polar surface area (TPSA) is 140 Å². The summed E-state index contributed by atoms with van der Waals surface area (Å²) in [5.41, 5.74) is 1.24. The number of fused-ring (bicyclic) bond motifs is 3. The lowest BCUT2D eigenvalue weighted by molar-refractivity contribution is -0.143. The molecule has 2 heterocycles. The molecule has 11 nitrogen and oxygen atoms in total. The zero-order valence-electron chi connectivity index (χ0n) is 22.6. The third kappa shape index (κ3) is 4.97. The average molecular weight is 563 g/mol. The molecule has 3 aromatic carbocycles. The SMILES string of the molecule is COC(=O)COc1cc([C@@H]2CC(=O)Oc3cc(O)c4c(=O)c(-c5ccc(OC)c(OC)c5)coc4c32)ccc1OC. The van der Waals surface area contributed by atoms with E-state index in [9.17, 15) is 19.5 Å². The number of esters is 2. The van der Waals surface area contributed by atoms with Gasteiger partial charge in [-0.3, -0.25) is 9.59 Å². The van der Waals surface area contributed by atoms with Crippen LogP contribution in [0.15, 0.2) is 57.9 Å². The number of benzene rings is 3. The molecule has 0 unspecified atom stereocenters. The fourth-order valence-corrected chi connectivity index (χ4v) is 4.84. The van der Waals surface area contributed by atoms with Gasteiger partial charge >= 0.3 is 11.9 Å². The summed E-state index contributed by atoms with van der Waals surface area (Å²) in [6.07, 6.45) is 1.20. The molecule has 1 atom stereocenters. The molecule has 1 aliphatic heterocycles. The number of carbonyl (C=O) groups excluding carboxylic acids is 2. The Morgan fingerprint density at radius 1 is 0.927 bits per heavy atom. The van der Waals surface area contributed by atoms with Crippen molar-refractivity contribution in [2.24, 2.45) is 0 Å². The monoisotopic (exact) mass is 562 g/mol. The molecule has 0 fully saturated rings. The highest BCUT2D eigenvalue weighted by molar-refractivity contribution is 5.94. The summed E-state index contributed by atoms with van der Waals surface area (Å²) in [5, 5.41) is 10.8. The Morgan fingerprint density at radius 2 is 1.63 bits per heavy atom. The second kappa shape index (κ2) is 11.1. The maximum Gasteiger partial charge on any atom is 0.343 e. The molecule has 0 saturated heterocycles. The number of phenols is 1. The third-order valence-electron chi connectivity index (χ3n) is 6.83. The van der Waals surface area contributed by atoms with E-state index in [1.165, 1.54) is 40.8 Å². The smallest absolute Gasteiger partial charge is 0.343 e. The molecule has 212 valence electrons. The van der Waals surface area contributed by atoms with Crippen LogP contribution >= 0.6 is 0 Å². The minimum Gasteiger partial charge on any atom is -0.507 e. The first kappa shape index (κ1) is 27.4. The maximum absolute atomic E-state index is 13.7. The van der Waals surface area contributed by atoms with Gasteiger partial charge in [0.2, 0.25) is 5.43 Å². The van der Waals surface area contributed by atoms with Crippen LogP contribution in [0.5, 0.6) is 34.5 Å². The van der Waals surface area contributed by atoms with Crippen molar-refractivity contribution in [3.63, 3.8) is 0 Å². The van der Waals surface area contributed by atoms with E-state index >= 15 is 0 Å². The zero-order chi connectivity index (χ0) is 29.3. The van der Waals surface area contributed by atoms with E-state index in [1.54, 1.807) is 36.4 Å². The van der Waals surface area contributed by atoms with Crippen molar-refractivity contribution >= 4 is 22.9 Å². The lowest BCUT2D eigenvalue weighted by atomic mass is 9.84. The molecule has 1 aliphatic rings. The first-order chi connectivity index (χ1) is 19.8. The van der Waals surface area contributed by atoms with E-state index in [0.29, 0.717) is 33.9 Å². The van der Waals surface area contributed by atoms with Crippen molar-refractivity contribution in [3.8, 4) is 45.6 Å². The molecular weight excluding hydrogens is 536 g/mol. The summed E-state index contributed by atoms with van der Waals surface area (Å²) < 4.78 is 37.7. The van der Waals surface area contributed by atoms with E-state index < -0.39 is 29.0 Å². The summed E-state index contributed by atoms with van der Waals surface area (Å²) in [5.74, 6) is -0.611. The number of methoxy groups -OCH3 is 4. The highest BCUT2D eigenvalue weighted by atomic mass is 16.6. The molecular formula is C30H26O11. The van der Waals surface area contributed by atoms with Crippen LogP contribution < -0.4 is 29.1 Å². The van der Waals surface area contributed by atoms with E-state index in [-0.39, 0.29) is 41.1 Å². The van der Waals surface area contributed by atoms with Gasteiger partial charge in [-0.05, 0) is 35.4 Å². The van der Waals surface area contributed by atoms with Crippen molar-refractivity contribution in [2.45, 2.75) is 12.3 Å². The lowest BCUT2D eigenvalue weighted by Crippen LogP contribution is -2.22. The molecule has 41 heavy (non-hydrogen) atoms. The fraction of sp³-hybridized carbons (Fsp3) is 0.233. The van der Waals surface area contributed by atoms with Crippen LogP contribution in [0.1, 0.15) is 23.5 Å². The number of hydrogen-bond acceptors (Lipinski definition) is 11. The Bertz CT molecular complexity index is 1720. The summed E-state index contributed by atoms with van der Waals surface area (Å²) in [4.78, 5) is 38.0. The Hall–Kier alpha value is -5.19. The molecule has 0 spiro atoms.